The molecule has 1 aliphatic heterocycles. The topological polar surface area (TPSA) is 49.8 Å². The Bertz CT molecular complexity index is 555. The first-order chi connectivity index (χ1) is 10.6. The molecule has 1 aromatic rings. The fraction of sp³-hybridized carbons (Fsp3) is 0.588. The maximum atomic E-state index is 12.4. The van der Waals surface area contributed by atoms with Crippen molar-refractivity contribution in [3.8, 4) is 0 Å². The standard InChI is InChI=1S/C17H22ClNO3/c1-22-15-11-14(20)17(15)6-8-19(9-7-17)16(21)10-12-4-2-3-5-13(12)18/h2-5,14-15,20H,6-11H2,1H3/t14-,15+/m0/s1. The minimum atomic E-state index is -0.293. The second-order valence-corrected chi connectivity index (χ2v) is 6.77. The Morgan fingerprint density at radius 2 is 2.09 bits per heavy atom. The first-order valence-corrected chi connectivity index (χ1v) is 8.16. The van der Waals surface area contributed by atoms with E-state index in [1.165, 1.54) is 0 Å². The highest BCUT2D eigenvalue weighted by atomic mass is 35.5. The molecule has 1 saturated carbocycles. The third-order valence-electron chi connectivity index (χ3n) is 5.37. The Morgan fingerprint density at radius 3 is 2.68 bits per heavy atom. The van der Waals surface area contributed by atoms with Crippen molar-refractivity contribution in [2.24, 2.45) is 5.41 Å². The van der Waals surface area contributed by atoms with Crippen LogP contribution in [0.2, 0.25) is 5.02 Å². The van der Waals surface area contributed by atoms with E-state index < -0.39 is 0 Å². The van der Waals surface area contributed by atoms with Gasteiger partial charge in [0, 0.05) is 37.1 Å². The molecule has 1 spiro atoms. The molecular formula is C17H22ClNO3. The molecule has 0 radical (unpaired) electrons. The molecule has 120 valence electrons. The summed E-state index contributed by atoms with van der Waals surface area (Å²) in [7, 11) is 1.70. The first-order valence-electron chi connectivity index (χ1n) is 7.79. The van der Waals surface area contributed by atoms with Crippen LogP contribution in [0.15, 0.2) is 24.3 Å². The van der Waals surface area contributed by atoms with Gasteiger partial charge in [0.05, 0.1) is 18.6 Å². The molecule has 1 heterocycles. The number of ether oxygens (including phenoxy) is 1. The third kappa shape index (κ3) is 2.64. The lowest BCUT2D eigenvalue weighted by Gasteiger charge is -2.56. The van der Waals surface area contributed by atoms with E-state index in [2.05, 4.69) is 0 Å². The molecule has 1 saturated heterocycles. The molecule has 5 heteroatoms. The zero-order valence-corrected chi connectivity index (χ0v) is 13.6. The van der Waals surface area contributed by atoms with Gasteiger partial charge in [-0.1, -0.05) is 29.8 Å². The smallest absolute Gasteiger partial charge is 0.227 e. The number of carbonyl (C=O) groups is 1. The molecule has 3 rings (SSSR count). The molecular weight excluding hydrogens is 302 g/mol. The van der Waals surface area contributed by atoms with Crippen LogP contribution in [0.5, 0.6) is 0 Å². The van der Waals surface area contributed by atoms with E-state index in [1.807, 2.05) is 29.2 Å². The minimum absolute atomic E-state index is 0.103. The van der Waals surface area contributed by atoms with Gasteiger partial charge in [0.15, 0.2) is 0 Å². The van der Waals surface area contributed by atoms with E-state index in [9.17, 15) is 9.90 Å². The molecule has 1 amide bonds. The molecule has 4 nitrogen and oxygen atoms in total. The van der Waals surface area contributed by atoms with Crippen molar-refractivity contribution < 1.29 is 14.6 Å². The molecule has 1 aliphatic carbocycles. The second-order valence-electron chi connectivity index (χ2n) is 6.36. The van der Waals surface area contributed by atoms with Crippen molar-refractivity contribution in [3.63, 3.8) is 0 Å². The lowest BCUT2D eigenvalue weighted by molar-refractivity contribution is -0.202. The number of hydrogen-bond donors (Lipinski definition) is 1. The largest absolute Gasteiger partial charge is 0.392 e. The third-order valence-corrected chi connectivity index (χ3v) is 5.74. The van der Waals surface area contributed by atoms with Crippen LogP contribution in [0.3, 0.4) is 0 Å². The van der Waals surface area contributed by atoms with E-state index in [4.69, 9.17) is 16.3 Å². The molecule has 0 aromatic heterocycles. The Balaban J connectivity index is 1.60. The summed E-state index contributed by atoms with van der Waals surface area (Å²) >= 11 is 6.12. The monoisotopic (exact) mass is 323 g/mol. The van der Waals surface area contributed by atoms with E-state index in [-0.39, 0.29) is 23.5 Å². The van der Waals surface area contributed by atoms with E-state index >= 15 is 0 Å². The van der Waals surface area contributed by atoms with Crippen molar-refractivity contribution in [1.82, 2.24) is 4.90 Å². The highest BCUT2D eigenvalue weighted by Gasteiger charge is 2.56. The molecule has 2 aliphatic rings. The van der Waals surface area contributed by atoms with E-state index in [0.717, 1.165) is 18.4 Å². The van der Waals surface area contributed by atoms with Crippen molar-refractivity contribution >= 4 is 17.5 Å². The van der Waals surface area contributed by atoms with Gasteiger partial charge in [-0.2, -0.15) is 0 Å². The molecule has 1 N–H and O–H groups in total. The van der Waals surface area contributed by atoms with Crippen LogP contribution in [-0.2, 0) is 16.0 Å². The van der Waals surface area contributed by atoms with Gasteiger partial charge in [-0.3, -0.25) is 4.79 Å². The Hall–Kier alpha value is -1.10. The summed E-state index contributed by atoms with van der Waals surface area (Å²) in [6.45, 7) is 1.36. The fourth-order valence-corrected chi connectivity index (χ4v) is 4.00. The van der Waals surface area contributed by atoms with Crippen molar-refractivity contribution in [1.29, 1.82) is 0 Å². The normalized spacial score (nSPS) is 26.8. The minimum Gasteiger partial charge on any atom is -0.392 e. The maximum Gasteiger partial charge on any atom is 0.227 e. The lowest BCUT2D eigenvalue weighted by atomic mass is 9.58. The first kappa shape index (κ1) is 15.8. The lowest BCUT2D eigenvalue weighted by Crippen LogP contribution is -2.62. The summed E-state index contributed by atoms with van der Waals surface area (Å²) in [5.41, 5.74) is 0.725. The highest BCUT2D eigenvalue weighted by Crippen LogP contribution is 2.50. The summed E-state index contributed by atoms with van der Waals surface area (Å²) in [5.74, 6) is 0.103. The van der Waals surface area contributed by atoms with Gasteiger partial charge in [-0.05, 0) is 24.5 Å². The van der Waals surface area contributed by atoms with Gasteiger partial charge < -0.3 is 14.7 Å². The number of likely N-dealkylation sites (tertiary alicyclic amines) is 1. The van der Waals surface area contributed by atoms with Crippen LogP contribution < -0.4 is 0 Å². The number of methoxy groups -OCH3 is 1. The molecule has 22 heavy (non-hydrogen) atoms. The zero-order chi connectivity index (χ0) is 15.7. The average molecular weight is 324 g/mol. The van der Waals surface area contributed by atoms with Crippen molar-refractivity contribution in [3.05, 3.63) is 34.9 Å². The van der Waals surface area contributed by atoms with Gasteiger partial charge in [0.2, 0.25) is 5.91 Å². The van der Waals surface area contributed by atoms with Gasteiger partial charge in [0.1, 0.15) is 0 Å². The Kier molecular flexibility index (Phi) is 4.44. The number of halogens is 1. The number of aliphatic hydroxyl groups is 1. The summed E-state index contributed by atoms with van der Waals surface area (Å²) < 4.78 is 5.48. The van der Waals surface area contributed by atoms with Crippen LogP contribution >= 0.6 is 11.6 Å². The van der Waals surface area contributed by atoms with Gasteiger partial charge in [0.25, 0.3) is 0 Å². The number of piperidine rings is 1. The van der Waals surface area contributed by atoms with Crippen LogP contribution in [0.4, 0.5) is 0 Å². The van der Waals surface area contributed by atoms with E-state index in [1.54, 1.807) is 7.11 Å². The van der Waals surface area contributed by atoms with Gasteiger partial charge in [-0.25, -0.2) is 0 Å². The predicted molar refractivity (Wildman–Crippen MR) is 84.8 cm³/mol. The van der Waals surface area contributed by atoms with Gasteiger partial charge >= 0.3 is 0 Å². The fourth-order valence-electron chi connectivity index (χ4n) is 3.80. The Morgan fingerprint density at radius 1 is 1.41 bits per heavy atom. The van der Waals surface area contributed by atoms with Crippen LogP contribution in [0.25, 0.3) is 0 Å². The Labute approximate surface area is 136 Å². The molecule has 2 atom stereocenters. The molecule has 0 unspecified atom stereocenters. The second kappa shape index (κ2) is 6.19. The number of aliphatic hydroxyl groups excluding tert-OH is 1. The SMILES string of the molecule is CO[C@@H]1C[C@H](O)C12CCN(C(=O)Cc1ccccc1Cl)CC2. The van der Waals surface area contributed by atoms with Crippen LogP contribution in [-0.4, -0.2) is 48.3 Å². The van der Waals surface area contributed by atoms with Crippen molar-refractivity contribution in [2.75, 3.05) is 20.2 Å². The predicted octanol–water partition coefficient (Wildman–Crippen LogP) is 2.27. The molecule has 1 aromatic carbocycles. The number of hydrogen-bond acceptors (Lipinski definition) is 3. The number of rotatable bonds is 3. The summed E-state index contributed by atoms with van der Waals surface area (Å²) in [4.78, 5) is 14.3. The summed E-state index contributed by atoms with van der Waals surface area (Å²) in [6, 6.07) is 7.46. The van der Waals surface area contributed by atoms with E-state index in [0.29, 0.717) is 31.0 Å². The average Bonchev–Trinajstić information content (AvgIpc) is 2.54. The molecule has 2 fully saturated rings. The maximum absolute atomic E-state index is 12.4. The number of carbonyl (C=O) groups excluding carboxylic acids is 1. The number of amides is 1. The molecule has 0 bridgehead atoms. The highest BCUT2D eigenvalue weighted by molar-refractivity contribution is 6.31. The van der Waals surface area contributed by atoms with Gasteiger partial charge in [-0.15, -0.1) is 0 Å². The number of nitrogens with zero attached hydrogens (tertiary/aromatic N) is 1. The number of benzene rings is 1. The van der Waals surface area contributed by atoms with Crippen LogP contribution in [0, 0.1) is 5.41 Å². The summed E-state index contributed by atoms with van der Waals surface area (Å²) in [5, 5.41) is 10.8. The van der Waals surface area contributed by atoms with Crippen molar-refractivity contribution in [2.45, 2.75) is 37.9 Å². The zero-order valence-electron chi connectivity index (χ0n) is 12.8. The summed E-state index contributed by atoms with van der Waals surface area (Å²) in [6.07, 6.45) is 2.50. The quantitative estimate of drug-likeness (QED) is 0.928. The van der Waals surface area contributed by atoms with Crippen LogP contribution in [0.1, 0.15) is 24.8 Å².